The molecule has 2 aromatic rings. The second kappa shape index (κ2) is 8.41. The molecular weight excluding hydrogens is 356 g/mol. The van der Waals surface area contributed by atoms with Crippen LogP contribution in [0, 0.1) is 5.92 Å². The number of anilines is 3. The Morgan fingerprint density at radius 2 is 1.86 bits per heavy atom. The van der Waals surface area contributed by atoms with Gasteiger partial charge in [0.1, 0.15) is 11.6 Å². The Labute approximate surface area is 165 Å². The molecule has 2 heterocycles. The molecule has 0 saturated carbocycles. The molecule has 1 aromatic carbocycles. The van der Waals surface area contributed by atoms with Crippen molar-refractivity contribution >= 4 is 23.5 Å². The molecule has 0 bridgehead atoms. The first-order valence-corrected chi connectivity index (χ1v) is 9.62. The number of aromatic hydroxyl groups is 1. The molecule has 1 saturated heterocycles. The number of hydrogen-bond donors (Lipinski definition) is 2. The highest BCUT2D eigenvalue weighted by molar-refractivity contribution is 5.94. The van der Waals surface area contributed by atoms with Crippen molar-refractivity contribution < 1.29 is 9.90 Å². The predicted molar refractivity (Wildman–Crippen MR) is 110 cm³/mol. The molecule has 1 fully saturated rings. The van der Waals surface area contributed by atoms with E-state index in [1.807, 2.05) is 19.0 Å². The maximum Gasteiger partial charge on any atom is 0.230 e. The van der Waals surface area contributed by atoms with Crippen LogP contribution < -0.4 is 15.1 Å². The molecule has 8 heteroatoms. The third-order valence-corrected chi connectivity index (χ3v) is 4.86. The zero-order valence-corrected chi connectivity index (χ0v) is 16.9. The zero-order chi connectivity index (χ0) is 20.3. The molecule has 1 aliphatic heterocycles. The smallest absolute Gasteiger partial charge is 0.230 e. The van der Waals surface area contributed by atoms with E-state index >= 15 is 0 Å². The fourth-order valence-electron chi connectivity index (χ4n) is 3.12. The molecule has 0 aliphatic carbocycles. The molecule has 0 unspecified atom stereocenters. The first-order valence-electron chi connectivity index (χ1n) is 9.62. The lowest BCUT2D eigenvalue weighted by Gasteiger charge is -2.32. The topological polar surface area (TPSA) is 94.5 Å². The average molecular weight is 384 g/mol. The van der Waals surface area contributed by atoms with Crippen molar-refractivity contribution in [1.82, 2.24) is 15.0 Å². The summed E-state index contributed by atoms with van der Waals surface area (Å²) in [6.07, 6.45) is 1.42. The molecule has 8 nitrogen and oxygen atoms in total. The van der Waals surface area contributed by atoms with E-state index in [2.05, 4.69) is 39.0 Å². The van der Waals surface area contributed by atoms with Gasteiger partial charge in [0.05, 0.1) is 5.69 Å². The minimum atomic E-state index is -0.101. The monoisotopic (exact) mass is 384 g/mol. The number of amides is 1. The van der Waals surface area contributed by atoms with E-state index in [-0.39, 0.29) is 23.5 Å². The molecule has 28 heavy (non-hydrogen) atoms. The number of aromatic nitrogens is 3. The lowest BCUT2D eigenvalue weighted by Crippen LogP contribution is -2.39. The second-order valence-electron chi connectivity index (χ2n) is 7.61. The highest BCUT2D eigenvalue weighted by Crippen LogP contribution is 2.26. The summed E-state index contributed by atoms with van der Waals surface area (Å²) < 4.78 is 0. The Bertz CT molecular complexity index is 805. The average Bonchev–Trinajstić information content (AvgIpc) is 2.69. The lowest BCUT2D eigenvalue weighted by atomic mass is 9.96. The van der Waals surface area contributed by atoms with Crippen LogP contribution >= 0.6 is 0 Å². The minimum absolute atomic E-state index is 0.0614. The number of para-hydroxylation sites is 2. The summed E-state index contributed by atoms with van der Waals surface area (Å²) >= 11 is 0. The van der Waals surface area contributed by atoms with Crippen molar-refractivity contribution in [2.75, 3.05) is 42.3 Å². The van der Waals surface area contributed by atoms with Crippen molar-refractivity contribution in [2.24, 2.45) is 5.92 Å². The van der Waals surface area contributed by atoms with Crippen molar-refractivity contribution in [1.29, 1.82) is 0 Å². The van der Waals surface area contributed by atoms with Crippen LogP contribution in [0.25, 0.3) is 0 Å². The standard InChI is InChI=1S/C20H28N6O2/c1-13(2)17-22-19(25(3)4)24-20(23-17)26-11-9-14(10-12-26)18(28)21-15-7-5-6-8-16(15)27/h5-8,13-14,27H,9-12H2,1-4H3,(H,21,28). The second-order valence-corrected chi connectivity index (χ2v) is 7.61. The van der Waals surface area contributed by atoms with E-state index in [0.717, 1.165) is 5.82 Å². The van der Waals surface area contributed by atoms with Crippen molar-refractivity contribution in [3.8, 4) is 5.75 Å². The number of nitrogens with one attached hydrogen (secondary N) is 1. The van der Waals surface area contributed by atoms with Gasteiger partial charge >= 0.3 is 0 Å². The van der Waals surface area contributed by atoms with Crippen LogP contribution in [0.15, 0.2) is 24.3 Å². The van der Waals surface area contributed by atoms with Gasteiger partial charge in [0.15, 0.2) is 0 Å². The van der Waals surface area contributed by atoms with Crippen molar-refractivity contribution in [3.63, 3.8) is 0 Å². The Morgan fingerprint density at radius 3 is 2.46 bits per heavy atom. The molecule has 150 valence electrons. The largest absolute Gasteiger partial charge is 0.506 e. The van der Waals surface area contributed by atoms with Gasteiger partial charge in [0.2, 0.25) is 17.8 Å². The summed E-state index contributed by atoms with van der Waals surface area (Å²) in [4.78, 5) is 30.3. The number of phenols is 1. The molecular formula is C20H28N6O2. The van der Waals surface area contributed by atoms with E-state index in [1.165, 1.54) is 0 Å². The Hall–Kier alpha value is -2.90. The van der Waals surface area contributed by atoms with E-state index in [9.17, 15) is 9.90 Å². The van der Waals surface area contributed by atoms with Gasteiger partial charge in [-0.15, -0.1) is 0 Å². The van der Waals surface area contributed by atoms with Crippen LogP contribution in [0.4, 0.5) is 17.6 Å². The summed E-state index contributed by atoms with van der Waals surface area (Å²) in [5.74, 6) is 2.21. The van der Waals surface area contributed by atoms with Gasteiger partial charge in [-0.25, -0.2) is 0 Å². The molecule has 1 aromatic heterocycles. The normalized spacial score (nSPS) is 15.0. The van der Waals surface area contributed by atoms with Crippen LogP contribution in [-0.4, -0.2) is 53.2 Å². The summed E-state index contributed by atoms with van der Waals surface area (Å²) in [6, 6.07) is 6.77. The predicted octanol–water partition coefficient (Wildman–Crippen LogP) is 2.62. The number of rotatable bonds is 5. The first kappa shape index (κ1) is 19.9. The summed E-state index contributed by atoms with van der Waals surface area (Å²) in [6.45, 7) is 5.53. The fourth-order valence-corrected chi connectivity index (χ4v) is 3.12. The maximum atomic E-state index is 12.6. The Kier molecular flexibility index (Phi) is 5.96. The lowest BCUT2D eigenvalue weighted by molar-refractivity contribution is -0.120. The SMILES string of the molecule is CC(C)c1nc(N(C)C)nc(N2CCC(C(=O)Nc3ccccc3O)CC2)n1. The number of carbonyl (C=O) groups is 1. The van der Waals surface area contributed by atoms with Gasteiger partial charge in [-0.05, 0) is 25.0 Å². The van der Waals surface area contributed by atoms with Crippen LogP contribution in [0.3, 0.4) is 0 Å². The van der Waals surface area contributed by atoms with Gasteiger partial charge < -0.3 is 20.2 Å². The maximum absolute atomic E-state index is 12.6. The number of carbonyl (C=O) groups excluding carboxylic acids is 1. The van der Waals surface area contributed by atoms with Crippen LogP contribution in [0.2, 0.25) is 0 Å². The fraction of sp³-hybridized carbons (Fsp3) is 0.500. The van der Waals surface area contributed by atoms with Gasteiger partial charge in [0, 0.05) is 39.0 Å². The molecule has 2 N–H and O–H groups in total. The minimum Gasteiger partial charge on any atom is -0.506 e. The third-order valence-electron chi connectivity index (χ3n) is 4.86. The van der Waals surface area contributed by atoms with Gasteiger partial charge in [-0.3, -0.25) is 4.79 Å². The van der Waals surface area contributed by atoms with E-state index < -0.39 is 0 Å². The van der Waals surface area contributed by atoms with Crippen molar-refractivity contribution in [2.45, 2.75) is 32.6 Å². The van der Waals surface area contributed by atoms with Crippen LogP contribution in [-0.2, 0) is 4.79 Å². The number of hydrogen-bond acceptors (Lipinski definition) is 7. The highest BCUT2D eigenvalue weighted by atomic mass is 16.3. The summed E-state index contributed by atoms with van der Waals surface area (Å²) in [5.41, 5.74) is 0.449. The Balaban J connectivity index is 1.66. The van der Waals surface area contributed by atoms with Crippen molar-refractivity contribution in [3.05, 3.63) is 30.1 Å². The van der Waals surface area contributed by atoms with Gasteiger partial charge in [-0.1, -0.05) is 26.0 Å². The molecule has 0 spiro atoms. The molecule has 3 rings (SSSR count). The molecule has 1 amide bonds. The van der Waals surface area contributed by atoms with E-state index in [4.69, 9.17) is 0 Å². The summed E-state index contributed by atoms with van der Waals surface area (Å²) in [5, 5.41) is 12.7. The number of nitrogens with zero attached hydrogens (tertiary/aromatic N) is 5. The number of phenolic OH excluding ortho intramolecular Hbond substituents is 1. The van der Waals surface area contributed by atoms with Crippen LogP contribution in [0.5, 0.6) is 5.75 Å². The third kappa shape index (κ3) is 4.49. The van der Waals surface area contributed by atoms with Crippen LogP contribution in [0.1, 0.15) is 38.4 Å². The summed E-state index contributed by atoms with van der Waals surface area (Å²) in [7, 11) is 3.83. The highest BCUT2D eigenvalue weighted by Gasteiger charge is 2.27. The quantitative estimate of drug-likeness (QED) is 0.765. The van der Waals surface area contributed by atoms with E-state index in [1.54, 1.807) is 24.3 Å². The van der Waals surface area contributed by atoms with Gasteiger partial charge in [0.25, 0.3) is 0 Å². The Morgan fingerprint density at radius 1 is 1.18 bits per heavy atom. The zero-order valence-electron chi connectivity index (χ0n) is 16.9. The molecule has 0 atom stereocenters. The number of benzene rings is 1. The molecule has 1 aliphatic rings. The first-order chi connectivity index (χ1) is 13.3. The van der Waals surface area contributed by atoms with E-state index in [0.29, 0.717) is 43.5 Å². The van der Waals surface area contributed by atoms with Gasteiger partial charge in [-0.2, -0.15) is 15.0 Å². The number of piperidine rings is 1. The molecule has 0 radical (unpaired) electrons.